The van der Waals surface area contributed by atoms with E-state index in [2.05, 4.69) is 10.6 Å². The van der Waals surface area contributed by atoms with Crippen molar-refractivity contribution in [1.29, 1.82) is 0 Å². The fourth-order valence-electron chi connectivity index (χ4n) is 1.42. The van der Waals surface area contributed by atoms with Gasteiger partial charge >= 0.3 is 6.03 Å². The van der Waals surface area contributed by atoms with Gasteiger partial charge in [0.1, 0.15) is 0 Å². The van der Waals surface area contributed by atoms with Gasteiger partial charge in [0.2, 0.25) is 0 Å². The highest BCUT2D eigenvalue weighted by Gasteiger charge is 2.09. The SMILES string of the molecule is CCC(CO)NC(=O)Nc1ccc(C(C)=O)cc1. The molecule has 98 valence electrons. The number of benzene rings is 1. The van der Waals surface area contributed by atoms with Crippen LogP contribution < -0.4 is 10.6 Å². The van der Waals surface area contributed by atoms with Crippen LogP contribution in [0.15, 0.2) is 24.3 Å². The number of aliphatic hydroxyl groups excluding tert-OH is 1. The van der Waals surface area contributed by atoms with E-state index in [1.807, 2.05) is 6.92 Å². The maximum Gasteiger partial charge on any atom is 0.319 e. The number of hydrogen-bond donors (Lipinski definition) is 3. The lowest BCUT2D eigenvalue weighted by Gasteiger charge is -2.14. The molecule has 1 atom stereocenters. The van der Waals surface area contributed by atoms with Gasteiger partial charge in [0, 0.05) is 11.3 Å². The molecule has 1 aromatic carbocycles. The molecule has 0 radical (unpaired) electrons. The minimum Gasteiger partial charge on any atom is -0.394 e. The molecule has 1 unspecified atom stereocenters. The number of hydrogen-bond acceptors (Lipinski definition) is 3. The summed E-state index contributed by atoms with van der Waals surface area (Å²) in [5.41, 5.74) is 1.20. The summed E-state index contributed by atoms with van der Waals surface area (Å²) in [5, 5.41) is 14.2. The molecule has 0 aliphatic heterocycles. The average Bonchev–Trinajstić information content (AvgIpc) is 2.36. The van der Waals surface area contributed by atoms with Gasteiger partial charge < -0.3 is 15.7 Å². The zero-order chi connectivity index (χ0) is 13.5. The number of nitrogens with one attached hydrogen (secondary N) is 2. The minimum absolute atomic E-state index is 0.0164. The molecule has 18 heavy (non-hydrogen) atoms. The molecule has 0 saturated carbocycles. The van der Waals surface area contributed by atoms with Gasteiger partial charge in [-0.2, -0.15) is 0 Å². The average molecular weight is 250 g/mol. The number of aliphatic hydroxyl groups is 1. The monoisotopic (exact) mass is 250 g/mol. The van der Waals surface area contributed by atoms with E-state index in [1.165, 1.54) is 6.92 Å². The third-order valence-corrected chi connectivity index (χ3v) is 2.60. The summed E-state index contributed by atoms with van der Waals surface area (Å²) in [6, 6.07) is 6.02. The molecule has 1 aromatic rings. The van der Waals surface area contributed by atoms with Crippen LogP contribution in [0.2, 0.25) is 0 Å². The molecule has 1 rings (SSSR count). The number of carbonyl (C=O) groups is 2. The number of urea groups is 1. The van der Waals surface area contributed by atoms with Gasteiger partial charge in [-0.25, -0.2) is 4.79 Å². The van der Waals surface area contributed by atoms with E-state index in [-0.39, 0.29) is 24.5 Å². The van der Waals surface area contributed by atoms with Crippen molar-refractivity contribution in [3.8, 4) is 0 Å². The Morgan fingerprint density at radius 2 is 1.89 bits per heavy atom. The van der Waals surface area contributed by atoms with Crippen molar-refractivity contribution in [1.82, 2.24) is 5.32 Å². The molecule has 5 heteroatoms. The van der Waals surface area contributed by atoms with Crippen LogP contribution in [-0.4, -0.2) is 29.6 Å². The first kappa shape index (κ1) is 14.2. The molecular formula is C13H18N2O3. The van der Waals surface area contributed by atoms with Crippen LogP contribution in [0, 0.1) is 0 Å². The Morgan fingerprint density at radius 3 is 2.33 bits per heavy atom. The number of amides is 2. The highest BCUT2D eigenvalue weighted by molar-refractivity contribution is 5.95. The number of ketones is 1. The lowest BCUT2D eigenvalue weighted by atomic mass is 10.1. The van der Waals surface area contributed by atoms with Gasteiger partial charge in [0.25, 0.3) is 0 Å². The van der Waals surface area contributed by atoms with Crippen LogP contribution in [0.5, 0.6) is 0 Å². The van der Waals surface area contributed by atoms with Gasteiger partial charge in [-0.05, 0) is 37.6 Å². The summed E-state index contributed by atoms with van der Waals surface area (Å²) < 4.78 is 0. The molecule has 0 aliphatic carbocycles. The number of rotatable bonds is 5. The molecule has 5 nitrogen and oxygen atoms in total. The summed E-state index contributed by atoms with van der Waals surface area (Å²) in [4.78, 5) is 22.6. The standard InChI is InChI=1S/C13H18N2O3/c1-3-11(8-16)14-13(18)15-12-6-4-10(5-7-12)9(2)17/h4-7,11,16H,3,8H2,1-2H3,(H2,14,15,18). The molecule has 0 aromatic heterocycles. The van der Waals surface area contributed by atoms with Gasteiger partial charge in [0.05, 0.1) is 12.6 Å². The van der Waals surface area contributed by atoms with Crippen LogP contribution in [-0.2, 0) is 0 Å². The van der Waals surface area contributed by atoms with E-state index in [0.717, 1.165) is 0 Å². The van der Waals surface area contributed by atoms with Gasteiger partial charge in [-0.15, -0.1) is 0 Å². The van der Waals surface area contributed by atoms with Crippen molar-refractivity contribution in [3.05, 3.63) is 29.8 Å². The van der Waals surface area contributed by atoms with Crippen molar-refractivity contribution >= 4 is 17.5 Å². The number of anilines is 1. The molecule has 3 N–H and O–H groups in total. The Bertz CT molecular complexity index is 411. The molecule has 0 saturated heterocycles. The Balaban J connectivity index is 2.56. The van der Waals surface area contributed by atoms with Crippen LogP contribution in [0.4, 0.5) is 10.5 Å². The normalized spacial score (nSPS) is 11.7. The van der Waals surface area contributed by atoms with Crippen molar-refractivity contribution in [3.63, 3.8) is 0 Å². The third-order valence-electron chi connectivity index (χ3n) is 2.60. The first-order valence-corrected chi connectivity index (χ1v) is 5.86. The van der Waals surface area contributed by atoms with E-state index in [9.17, 15) is 9.59 Å². The highest BCUT2D eigenvalue weighted by atomic mass is 16.3. The molecule has 0 fully saturated rings. The Morgan fingerprint density at radius 1 is 1.28 bits per heavy atom. The van der Waals surface area contributed by atoms with Crippen LogP contribution in [0.3, 0.4) is 0 Å². The molecular weight excluding hydrogens is 232 g/mol. The second kappa shape index (κ2) is 6.76. The Kier molecular flexibility index (Phi) is 5.32. The van der Waals surface area contributed by atoms with Gasteiger partial charge in [0.15, 0.2) is 5.78 Å². The third kappa shape index (κ3) is 4.18. The topological polar surface area (TPSA) is 78.4 Å². The lowest BCUT2D eigenvalue weighted by molar-refractivity contribution is 0.101. The fourth-order valence-corrected chi connectivity index (χ4v) is 1.42. The van der Waals surface area contributed by atoms with E-state index in [4.69, 9.17) is 5.11 Å². The fraction of sp³-hybridized carbons (Fsp3) is 0.385. The minimum atomic E-state index is -0.369. The Labute approximate surface area is 106 Å². The lowest BCUT2D eigenvalue weighted by Crippen LogP contribution is -2.39. The van der Waals surface area contributed by atoms with Crippen molar-refractivity contribution in [2.45, 2.75) is 26.3 Å². The van der Waals surface area contributed by atoms with E-state index >= 15 is 0 Å². The van der Waals surface area contributed by atoms with Crippen LogP contribution in [0.25, 0.3) is 0 Å². The predicted octanol–water partition coefficient (Wildman–Crippen LogP) is 1.78. The maximum atomic E-state index is 11.6. The molecule has 0 heterocycles. The molecule has 0 bridgehead atoms. The molecule has 0 aliphatic rings. The molecule has 2 amide bonds. The van der Waals surface area contributed by atoms with E-state index < -0.39 is 0 Å². The van der Waals surface area contributed by atoms with Crippen LogP contribution >= 0.6 is 0 Å². The molecule has 0 spiro atoms. The van der Waals surface area contributed by atoms with E-state index in [1.54, 1.807) is 24.3 Å². The maximum absolute atomic E-state index is 11.6. The first-order valence-electron chi connectivity index (χ1n) is 5.86. The zero-order valence-corrected chi connectivity index (χ0v) is 10.6. The summed E-state index contributed by atoms with van der Waals surface area (Å²) in [6.45, 7) is 3.28. The van der Waals surface area contributed by atoms with Gasteiger partial charge in [-0.3, -0.25) is 4.79 Å². The summed E-state index contributed by atoms with van der Waals surface area (Å²) >= 11 is 0. The van der Waals surface area contributed by atoms with Gasteiger partial charge in [-0.1, -0.05) is 6.92 Å². The van der Waals surface area contributed by atoms with Crippen LogP contribution in [0.1, 0.15) is 30.6 Å². The zero-order valence-electron chi connectivity index (χ0n) is 10.6. The quantitative estimate of drug-likeness (QED) is 0.697. The summed E-state index contributed by atoms with van der Waals surface area (Å²) in [7, 11) is 0. The largest absolute Gasteiger partial charge is 0.394 e. The second-order valence-electron chi connectivity index (χ2n) is 4.02. The second-order valence-corrected chi connectivity index (χ2v) is 4.02. The van der Waals surface area contributed by atoms with Crippen molar-refractivity contribution in [2.75, 3.05) is 11.9 Å². The van der Waals surface area contributed by atoms with Crippen molar-refractivity contribution < 1.29 is 14.7 Å². The summed E-state index contributed by atoms with van der Waals surface area (Å²) in [5.74, 6) is -0.0164. The number of Topliss-reactive ketones (excluding diaryl/α,β-unsaturated/α-hetero) is 1. The predicted molar refractivity (Wildman–Crippen MR) is 69.8 cm³/mol. The van der Waals surface area contributed by atoms with E-state index in [0.29, 0.717) is 17.7 Å². The number of carbonyl (C=O) groups excluding carboxylic acids is 2. The Hall–Kier alpha value is -1.88. The first-order chi connectivity index (χ1) is 8.56. The smallest absolute Gasteiger partial charge is 0.319 e. The summed E-state index contributed by atoms with van der Waals surface area (Å²) in [6.07, 6.45) is 0.660. The highest BCUT2D eigenvalue weighted by Crippen LogP contribution is 2.09. The van der Waals surface area contributed by atoms with Crippen molar-refractivity contribution in [2.24, 2.45) is 0 Å².